The van der Waals surface area contributed by atoms with Crippen molar-refractivity contribution in [2.75, 3.05) is 6.26 Å². The number of sulfone groups is 1. The van der Waals surface area contributed by atoms with Crippen LogP contribution in [0, 0.1) is 5.41 Å². The molecule has 2 aliphatic carbocycles. The summed E-state index contributed by atoms with van der Waals surface area (Å²) in [5.41, 5.74) is 4.49. The maximum Gasteiger partial charge on any atom is 0.192 e. The van der Waals surface area contributed by atoms with Gasteiger partial charge in [-0.2, -0.15) is 0 Å². The minimum atomic E-state index is -3.28. The lowest BCUT2D eigenvalue weighted by molar-refractivity contribution is 0.598. The van der Waals surface area contributed by atoms with Crippen LogP contribution in [0.1, 0.15) is 24.0 Å². The van der Waals surface area contributed by atoms with E-state index in [-0.39, 0.29) is 10.4 Å². The molecule has 0 saturated heterocycles. The topological polar surface area (TPSA) is 47.0 Å². The molecule has 1 fully saturated rings. The normalized spacial score (nSPS) is 18.4. The second kappa shape index (κ2) is 5.30. The van der Waals surface area contributed by atoms with E-state index in [1.165, 1.54) is 6.26 Å². The van der Waals surface area contributed by atoms with Gasteiger partial charge in [0.15, 0.2) is 14.9 Å². The number of rotatable bonds is 3. The fourth-order valence-corrected chi connectivity index (χ4v) is 3.76. The second-order valence-corrected chi connectivity index (χ2v) is 8.91. The first kappa shape index (κ1) is 15.6. The molecule has 0 atom stereocenters. The monoisotopic (exact) mass is 357 g/mol. The minimum Gasteiger partial charge on any atom is -0.244 e. The lowest BCUT2D eigenvalue weighted by Crippen LogP contribution is -2.00. The summed E-state index contributed by atoms with van der Waals surface area (Å²) < 4.78 is 23.2. The average Bonchev–Trinajstić information content (AvgIpc) is 3.19. The molecule has 0 radical (unpaired) electrons. The van der Waals surface area contributed by atoms with Crippen molar-refractivity contribution in [2.24, 2.45) is 5.41 Å². The van der Waals surface area contributed by atoms with Crippen molar-refractivity contribution in [3.63, 3.8) is 0 Å². The van der Waals surface area contributed by atoms with Gasteiger partial charge < -0.3 is 0 Å². The van der Waals surface area contributed by atoms with Crippen molar-refractivity contribution >= 4 is 32.6 Å². The lowest BCUT2D eigenvalue weighted by atomic mass is 9.96. The van der Waals surface area contributed by atoms with E-state index in [0.29, 0.717) is 5.02 Å². The van der Waals surface area contributed by atoms with Crippen LogP contribution in [0.3, 0.4) is 0 Å². The van der Waals surface area contributed by atoms with Gasteiger partial charge in [-0.15, -0.1) is 0 Å². The van der Waals surface area contributed by atoms with E-state index in [4.69, 9.17) is 11.6 Å². The van der Waals surface area contributed by atoms with Gasteiger partial charge in [-0.05, 0) is 53.8 Å². The van der Waals surface area contributed by atoms with E-state index in [1.54, 1.807) is 12.3 Å². The van der Waals surface area contributed by atoms with Gasteiger partial charge in [0.2, 0.25) is 0 Å². The molecule has 2 aliphatic rings. The van der Waals surface area contributed by atoms with Gasteiger partial charge in [-0.1, -0.05) is 35.9 Å². The smallest absolute Gasteiger partial charge is 0.192 e. The number of halogens is 1. The lowest BCUT2D eigenvalue weighted by Gasteiger charge is -2.10. The maximum atomic E-state index is 11.6. The van der Waals surface area contributed by atoms with Crippen LogP contribution in [0.4, 0.5) is 0 Å². The van der Waals surface area contributed by atoms with Crippen LogP contribution in [-0.2, 0) is 9.84 Å². The summed E-state index contributed by atoms with van der Waals surface area (Å²) in [6.07, 6.45) is 9.73. The molecule has 1 saturated carbocycles. The zero-order valence-corrected chi connectivity index (χ0v) is 14.7. The summed E-state index contributed by atoms with van der Waals surface area (Å²) in [6.45, 7) is 0. The Morgan fingerprint density at radius 3 is 2.04 bits per heavy atom. The van der Waals surface area contributed by atoms with E-state index in [2.05, 4.69) is 17.1 Å². The standard InChI is InChI=1S/C19H16ClNO2S/c1-24(22,23)18-7-4-14(12-21-18)17-11-19(8-9-19)10-16(17)13-2-5-15(20)6-3-13/h2-7,10-12H,8-9H2,1H3. The average molecular weight is 358 g/mol. The third-order valence-corrected chi connectivity index (χ3v) is 5.82. The van der Waals surface area contributed by atoms with Crippen LogP contribution >= 0.6 is 11.6 Å². The molecule has 1 spiro atoms. The number of allylic oxidation sites excluding steroid dienone is 4. The van der Waals surface area contributed by atoms with Gasteiger partial charge in [-0.3, -0.25) is 0 Å². The van der Waals surface area contributed by atoms with Gasteiger partial charge in [-0.25, -0.2) is 13.4 Å². The van der Waals surface area contributed by atoms with E-state index < -0.39 is 9.84 Å². The van der Waals surface area contributed by atoms with Crippen molar-refractivity contribution in [3.8, 4) is 0 Å². The zero-order chi connectivity index (χ0) is 16.9. The van der Waals surface area contributed by atoms with E-state index in [9.17, 15) is 8.42 Å². The Kier molecular flexibility index (Phi) is 3.44. The summed E-state index contributed by atoms with van der Waals surface area (Å²) in [7, 11) is -3.28. The maximum absolute atomic E-state index is 11.6. The first-order valence-corrected chi connectivity index (χ1v) is 10.0. The SMILES string of the molecule is CS(=O)(=O)c1ccc(C2=CC3(C=C2c2ccc(Cl)cc2)CC3)cn1. The molecule has 0 bridgehead atoms. The molecule has 5 heteroatoms. The molecule has 4 rings (SSSR count). The van der Waals surface area contributed by atoms with E-state index in [0.717, 1.165) is 35.1 Å². The molecule has 0 amide bonds. The van der Waals surface area contributed by atoms with E-state index >= 15 is 0 Å². The first-order chi connectivity index (χ1) is 11.4. The predicted octanol–water partition coefficient (Wildman–Crippen LogP) is 4.40. The summed E-state index contributed by atoms with van der Waals surface area (Å²) in [6, 6.07) is 11.2. The van der Waals surface area contributed by atoms with Gasteiger partial charge in [0.05, 0.1) is 0 Å². The molecule has 2 aromatic rings. The van der Waals surface area contributed by atoms with Crippen LogP contribution in [0.25, 0.3) is 11.1 Å². The van der Waals surface area contributed by atoms with Gasteiger partial charge in [0, 0.05) is 28.5 Å². The van der Waals surface area contributed by atoms with Crippen molar-refractivity contribution in [3.05, 3.63) is 70.9 Å². The summed E-state index contributed by atoms with van der Waals surface area (Å²) in [5.74, 6) is 0. The number of hydrogen-bond donors (Lipinski definition) is 0. The van der Waals surface area contributed by atoms with Crippen molar-refractivity contribution in [2.45, 2.75) is 17.9 Å². The molecule has 0 N–H and O–H groups in total. The Morgan fingerprint density at radius 1 is 0.958 bits per heavy atom. The third kappa shape index (κ3) is 2.80. The largest absolute Gasteiger partial charge is 0.244 e. The zero-order valence-electron chi connectivity index (χ0n) is 13.2. The van der Waals surface area contributed by atoms with Crippen molar-refractivity contribution < 1.29 is 8.42 Å². The quantitative estimate of drug-likeness (QED) is 0.818. The highest BCUT2D eigenvalue weighted by atomic mass is 35.5. The Morgan fingerprint density at radius 2 is 1.54 bits per heavy atom. The molecule has 1 heterocycles. The van der Waals surface area contributed by atoms with E-state index in [1.807, 2.05) is 30.3 Å². The van der Waals surface area contributed by atoms with Crippen molar-refractivity contribution in [1.82, 2.24) is 4.98 Å². The Bertz CT molecular complexity index is 967. The Hall–Kier alpha value is -1.91. The summed E-state index contributed by atoms with van der Waals surface area (Å²) in [4.78, 5) is 4.13. The molecule has 3 nitrogen and oxygen atoms in total. The fraction of sp³-hybridized carbons (Fsp3) is 0.211. The number of pyridine rings is 1. The van der Waals surface area contributed by atoms with Gasteiger partial charge in [0.1, 0.15) is 0 Å². The van der Waals surface area contributed by atoms with Gasteiger partial charge >= 0.3 is 0 Å². The molecular weight excluding hydrogens is 342 g/mol. The van der Waals surface area contributed by atoms with Crippen LogP contribution in [0.15, 0.2) is 59.8 Å². The highest BCUT2D eigenvalue weighted by Crippen LogP contribution is 2.57. The first-order valence-electron chi connectivity index (χ1n) is 7.75. The summed E-state index contributed by atoms with van der Waals surface area (Å²) >= 11 is 6.00. The van der Waals surface area contributed by atoms with Gasteiger partial charge in [0.25, 0.3) is 0 Å². The number of nitrogens with zero attached hydrogens (tertiary/aromatic N) is 1. The second-order valence-electron chi connectivity index (χ2n) is 6.51. The van der Waals surface area contributed by atoms with Crippen molar-refractivity contribution in [1.29, 1.82) is 0 Å². The fourth-order valence-electron chi connectivity index (χ4n) is 3.07. The van der Waals surface area contributed by atoms with Crippen LogP contribution in [-0.4, -0.2) is 19.7 Å². The molecule has 24 heavy (non-hydrogen) atoms. The van der Waals surface area contributed by atoms with Crippen LogP contribution in [0.5, 0.6) is 0 Å². The highest BCUT2D eigenvalue weighted by Gasteiger charge is 2.43. The number of hydrogen-bond acceptors (Lipinski definition) is 3. The molecule has 0 aliphatic heterocycles. The Balaban J connectivity index is 1.76. The molecule has 0 unspecified atom stereocenters. The molecule has 1 aromatic heterocycles. The number of benzene rings is 1. The van der Waals surface area contributed by atoms with Crippen LogP contribution in [0.2, 0.25) is 5.02 Å². The minimum absolute atomic E-state index is 0.100. The third-order valence-electron chi connectivity index (χ3n) is 4.56. The Labute approximate surface area is 146 Å². The molecule has 1 aromatic carbocycles. The van der Waals surface area contributed by atoms with Crippen LogP contribution < -0.4 is 0 Å². The molecule has 122 valence electrons. The predicted molar refractivity (Wildman–Crippen MR) is 96.4 cm³/mol. The number of aromatic nitrogens is 1. The molecular formula is C19H16ClNO2S. The summed E-state index contributed by atoms with van der Waals surface area (Å²) in [5, 5.41) is 0.811. The highest BCUT2D eigenvalue weighted by molar-refractivity contribution is 7.90.